The first-order valence-corrected chi connectivity index (χ1v) is 10.8. The molecule has 0 bridgehead atoms. The van der Waals surface area contributed by atoms with E-state index in [4.69, 9.17) is 4.74 Å². The Morgan fingerprint density at radius 1 is 1.34 bits per heavy atom. The molecule has 2 aromatic heterocycles. The van der Waals surface area contributed by atoms with Crippen molar-refractivity contribution < 1.29 is 14.3 Å². The van der Waals surface area contributed by atoms with Crippen molar-refractivity contribution in [3.8, 4) is 10.4 Å². The van der Waals surface area contributed by atoms with Crippen LogP contribution >= 0.6 is 11.3 Å². The van der Waals surface area contributed by atoms with Crippen LogP contribution < -0.4 is 5.32 Å². The second-order valence-corrected chi connectivity index (χ2v) is 9.98. The molecule has 1 fully saturated rings. The molecule has 0 spiro atoms. The summed E-state index contributed by atoms with van der Waals surface area (Å²) in [6, 6.07) is 3.74. The lowest BCUT2D eigenvalue weighted by Crippen LogP contribution is -2.40. The molecule has 29 heavy (non-hydrogen) atoms. The number of nitrogens with zero attached hydrogens (tertiary/aromatic N) is 3. The molecule has 8 heteroatoms. The number of carbonyl (C=O) groups excluding carboxylic acids is 2. The van der Waals surface area contributed by atoms with Crippen molar-refractivity contribution in [2.24, 2.45) is 5.92 Å². The lowest BCUT2D eigenvalue weighted by Gasteiger charge is -2.24. The first kappa shape index (κ1) is 21.4. The number of nitrogens with one attached hydrogen (secondary N) is 1. The molecule has 0 saturated carbocycles. The predicted molar refractivity (Wildman–Crippen MR) is 114 cm³/mol. The van der Waals surface area contributed by atoms with Crippen LogP contribution in [0.5, 0.6) is 0 Å². The van der Waals surface area contributed by atoms with Crippen LogP contribution in [0.3, 0.4) is 0 Å². The normalized spacial score (nSPS) is 17.0. The maximum Gasteiger partial charge on any atom is 0.410 e. The van der Waals surface area contributed by atoms with E-state index in [1.807, 2.05) is 50.0 Å². The third-order valence-corrected chi connectivity index (χ3v) is 5.61. The van der Waals surface area contributed by atoms with E-state index >= 15 is 0 Å². The summed E-state index contributed by atoms with van der Waals surface area (Å²) in [5.41, 5.74) is 0.501. The molecule has 158 valence electrons. The minimum absolute atomic E-state index is 0.0608. The number of aromatic nitrogens is 2. The molecule has 3 rings (SSSR count). The lowest BCUT2D eigenvalue weighted by molar-refractivity contribution is 0.0290. The number of thiophene rings is 1. The number of rotatable bonds is 5. The first-order chi connectivity index (χ1) is 13.6. The molecular formula is C21H30N4O3S. The number of likely N-dealkylation sites (tertiary alicyclic amines) is 1. The summed E-state index contributed by atoms with van der Waals surface area (Å²) in [6.07, 6.45) is 4.26. The maximum atomic E-state index is 12.6. The predicted octanol–water partition coefficient (Wildman–Crippen LogP) is 4.01. The van der Waals surface area contributed by atoms with Crippen molar-refractivity contribution in [1.82, 2.24) is 20.0 Å². The molecule has 0 aliphatic carbocycles. The summed E-state index contributed by atoms with van der Waals surface area (Å²) in [7, 11) is 0. The van der Waals surface area contributed by atoms with Gasteiger partial charge in [-0.05, 0) is 45.2 Å². The summed E-state index contributed by atoms with van der Waals surface area (Å²) in [5, 5.41) is 7.43. The van der Waals surface area contributed by atoms with Crippen LogP contribution in [0, 0.1) is 5.92 Å². The van der Waals surface area contributed by atoms with E-state index in [-0.39, 0.29) is 18.0 Å². The van der Waals surface area contributed by atoms with E-state index in [0.717, 1.165) is 23.4 Å². The third kappa shape index (κ3) is 5.82. The van der Waals surface area contributed by atoms with E-state index < -0.39 is 5.60 Å². The van der Waals surface area contributed by atoms with Gasteiger partial charge in [0.25, 0.3) is 5.91 Å². The molecule has 1 aliphatic heterocycles. The smallest absolute Gasteiger partial charge is 0.410 e. The van der Waals surface area contributed by atoms with Gasteiger partial charge in [0.15, 0.2) is 0 Å². The molecule has 1 saturated heterocycles. The second kappa shape index (κ2) is 8.57. The van der Waals surface area contributed by atoms with Gasteiger partial charge >= 0.3 is 6.09 Å². The van der Waals surface area contributed by atoms with Gasteiger partial charge < -0.3 is 15.0 Å². The Bertz CT molecular complexity index is 865. The Kier molecular flexibility index (Phi) is 6.31. The molecule has 1 atom stereocenters. The average Bonchev–Trinajstić information content (AvgIpc) is 3.32. The van der Waals surface area contributed by atoms with Crippen LogP contribution in [0.15, 0.2) is 24.5 Å². The molecule has 0 radical (unpaired) electrons. The van der Waals surface area contributed by atoms with Crippen molar-refractivity contribution >= 4 is 23.3 Å². The molecule has 2 amide bonds. The Morgan fingerprint density at radius 2 is 2.10 bits per heavy atom. The zero-order chi connectivity index (χ0) is 21.2. The number of ether oxygens (including phenoxy) is 1. The highest BCUT2D eigenvalue weighted by Gasteiger charge is 2.30. The van der Waals surface area contributed by atoms with Crippen LogP contribution in [-0.4, -0.2) is 51.4 Å². The Hall–Kier alpha value is -2.35. The van der Waals surface area contributed by atoms with Gasteiger partial charge in [0, 0.05) is 42.3 Å². The van der Waals surface area contributed by atoms with Gasteiger partial charge in [0.05, 0.1) is 11.1 Å². The molecule has 2 aromatic rings. The second-order valence-electron chi connectivity index (χ2n) is 8.89. The molecular weight excluding hydrogens is 388 g/mol. The van der Waals surface area contributed by atoms with Crippen molar-refractivity contribution in [2.45, 2.75) is 59.2 Å². The molecule has 1 aliphatic rings. The van der Waals surface area contributed by atoms with E-state index in [1.54, 1.807) is 4.90 Å². The highest BCUT2D eigenvalue weighted by atomic mass is 32.1. The van der Waals surface area contributed by atoms with Crippen LogP contribution in [0.1, 0.15) is 50.7 Å². The van der Waals surface area contributed by atoms with E-state index in [9.17, 15) is 9.59 Å². The van der Waals surface area contributed by atoms with Gasteiger partial charge in [0.1, 0.15) is 5.60 Å². The third-order valence-electron chi connectivity index (χ3n) is 4.47. The van der Waals surface area contributed by atoms with Crippen molar-refractivity contribution in [1.29, 1.82) is 0 Å². The lowest BCUT2D eigenvalue weighted by atomic mass is 10.2. The molecule has 3 heterocycles. The largest absolute Gasteiger partial charge is 0.444 e. The summed E-state index contributed by atoms with van der Waals surface area (Å²) in [5.74, 6) is 0.422. The van der Waals surface area contributed by atoms with Crippen LogP contribution in [-0.2, 0) is 11.3 Å². The van der Waals surface area contributed by atoms with Gasteiger partial charge in [-0.3, -0.25) is 9.48 Å². The van der Waals surface area contributed by atoms with E-state index in [2.05, 4.69) is 24.3 Å². The average molecular weight is 419 g/mol. The first-order valence-electron chi connectivity index (χ1n) is 10.0. The van der Waals surface area contributed by atoms with Gasteiger partial charge in [-0.2, -0.15) is 5.10 Å². The minimum Gasteiger partial charge on any atom is -0.444 e. The highest BCUT2D eigenvalue weighted by Crippen LogP contribution is 2.28. The van der Waals surface area contributed by atoms with Crippen LogP contribution in [0.4, 0.5) is 4.79 Å². The van der Waals surface area contributed by atoms with Gasteiger partial charge in [-0.1, -0.05) is 13.8 Å². The van der Waals surface area contributed by atoms with Crippen molar-refractivity contribution in [3.63, 3.8) is 0 Å². The molecule has 1 unspecified atom stereocenters. The molecule has 1 N–H and O–H groups in total. The SMILES string of the molecule is CC(C)Cn1cc(-c2ccc(C(=O)NC3CCN(C(=O)OC(C)(C)C)C3)s2)cn1. The summed E-state index contributed by atoms with van der Waals surface area (Å²) in [4.78, 5) is 28.2. The van der Waals surface area contributed by atoms with Crippen molar-refractivity contribution in [2.75, 3.05) is 13.1 Å². The Morgan fingerprint density at radius 3 is 2.79 bits per heavy atom. The number of amides is 2. The highest BCUT2D eigenvalue weighted by molar-refractivity contribution is 7.17. The standard InChI is InChI=1S/C21H30N4O3S/c1-14(2)11-25-12-15(10-22-25)17-6-7-18(29-17)19(26)23-16-8-9-24(13-16)20(27)28-21(3,4)5/h6-7,10,12,14,16H,8-9,11,13H2,1-5H3,(H,23,26). The zero-order valence-corrected chi connectivity index (χ0v) is 18.6. The van der Waals surface area contributed by atoms with Gasteiger partial charge in [-0.15, -0.1) is 11.3 Å². The molecule has 7 nitrogen and oxygen atoms in total. The van der Waals surface area contributed by atoms with E-state index in [1.165, 1.54) is 11.3 Å². The van der Waals surface area contributed by atoms with Crippen LogP contribution in [0.2, 0.25) is 0 Å². The fourth-order valence-corrected chi connectivity index (χ4v) is 4.09. The number of hydrogen-bond acceptors (Lipinski definition) is 5. The van der Waals surface area contributed by atoms with Crippen molar-refractivity contribution in [3.05, 3.63) is 29.4 Å². The molecule has 0 aromatic carbocycles. The number of hydrogen-bond donors (Lipinski definition) is 1. The Labute approximate surface area is 176 Å². The van der Waals surface area contributed by atoms with E-state index in [0.29, 0.717) is 23.9 Å². The maximum absolute atomic E-state index is 12.6. The quantitative estimate of drug-likeness (QED) is 0.796. The van der Waals surface area contributed by atoms with Crippen LogP contribution in [0.25, 0.3) is 10.4 Å². The fourth-order valence-electron chi connectivity index (χ4n) is 3.21. The summed E-state index contributed by atoms with van der Waals surface area (Å²) in [6.45, 7) is 11.8. The monoisotopic (exact) mass is 418 g/mol. The number of carbonyl (C=O) groups is 2. The fraction of sp³-hybridized carbons (Fsp3) is 0.571. The topological polar surface area (TPSA) is 76.5 Å². The van der Waals surface area contributed by atoms with Gasteiger partial charge in [-0.25, -0.2) is 4.79 Å². The van der Waals surface area contributed by atoms with Gasteiger partial charge in [0.2, 0.25) is 0 Å². The minimum atomic E-state index is -0.519. The zero-order valence-electron chi connectivity index (χ0n) is 17.8. The summed E-state index contributed by atoms with van der Waals surface area (Å²) >= 11 is 1.45. The Balaban J connectivity index is 1.56. The summed E-state index contributed by atoms with van der Waals surface area (Å²) < 4.78 is 7.34.